The van der Waals surface area contributed by atoms with E-state index in [1.165, 1.54) is 0 Å². The molecule has 1 aromatic heterocycles. The molecule has 6 nitrogen and oxygen atoms in total. The maximum absolute atomic E-state index is 12.5. The number of aromatic amines is 1. The van der Waals surface area contributed by atoms with Crippen LogP contribution in [0.2, 0.25) is 0 Å². The number of H-pyrrole nitrogens is 1. The molecule has 1 heterocycles. The summed E-state index contributed by atoms with van der Waals surface area (Å²) in [6, 6.07) is 24.6. The molecule has 0 saturated carbocycles. The topological polar surface area (TPSA) is 83.0 Å². The number of nitrogens with one attached hydrogen (secondary N) is 2. The zero-order valence-corrected chi connectivity index (χ0v) is 13.8. The molecule has 1 amide bonds. The van der Waals surface area contributed by atoms with E-state index < -0.39 is 0 Å². The van der Waals surface area contributed by atoms with E-state index in [4.69, 9.17) is 0 Å². The van der Waals surface area contributed by atoms with Crippen LogP contribution >= 0.6 is 0 Å². The van der Waals surface area contributed by atoms with Crippen molar-refractivity contribution in [2.24, 2.45) is 5.10 Å². The van der Waals surface area contributed by atoms with Gasteiger partial charge in [-0.25, -0.2) is 5.43 Å². The van der Waals surface area contributed by atoms with E-state index in [0.29, 0.717) is 22.3 Å². The molecule has 0 aliphatic heterocycles. The smallest absolute Gasteiger partial charge is 0.267 e. The molecule has 4 aromatic rings. The number of hydrazone groups is 1. The van der Waals surface area contributed by atoms with Crippen molar-refractivity contribution in [3.05, 3.63) is 95.6 Å². The largest absolute Gasteiger partial charge is 0.271 e. The summed E-state index contributed by atoms with van der Waals surface area (Å²) in [7, 11) is 0. The van der Waals surface area contributed by atoms with E-state index in [-0.39, 0.29) is 5.91 Å². The number of carbonyl (C=O) groups is 1. The molecule has 126 valence electrons. The second-order valence-corrected chi connectivity index (χ2v) is 5.66. The van der Waals surface area contributed by atoms with Crippen molar-refractivity contribution in [2.75, 3.05) is 0 Å². The monoisotopic (exact) mass is 341 g/mol. The summed E-state index contributed by atoms with van der Waals surface area (Å²) in [5, 5.41) is 14.9. The molecule has 0 radical (unpaired) electrons. The molecule has 3 aromatic carbocycles. The van der Waals surface area contributed by atoms with Crippen LogP contribution < -0.4 is 5.43 Å². The summed E-state index contributed by atoms with van der Waals surface area (Å²) in [6.07, 6.45) is 0. The van der Waals surface area contributed by atoms with Gasteiger partial charge in [-0.1, -0.05) is 60.7 Å². The van der Waals surface area contributed by atoms with E-state index in [2.05, 4.69) is 25.9 Å². The molecule has 0 fully saturated rings. The number of carbonyl (C=O) groups excluding carboxylic acids is 1. The van der Waals surface area contributed by atoms with E-state index in [1.807, 2.05) is 60.7 Å². The normalized spacial score (nSPS) is 10.5. The lowest BCUT2D eigenvalue weighted by atomic mass is 10.0. The Hall–Kier alpha value is -3.80. The first kappa shape index (κ1) is 15.7. The van der Waals surface area contributed by atoms with E-state index >= 15 is 0 Å². The van der Waals surface area contributed by atoms with Crippen molar-refractivity contribution in [2.45, 2.75) is 0 Å². The second kappa shape index (κ2) is 6.98. The van der Waals surface area contributed by atoms with Crippen LogP contribution in [0.1, 0.15) is 21.5 Å². The van der Waals surface area contributed by atoms with Gasteiger partial charge in [0, 0.05) is 16.7 Å². The lowest BCUT2D eigenvalue weighted by Crippen LogP contribution is -2.20. The molecule has 26 heavy (non-hydrogen) atoms. The van der Waals surface area contributed by atoms with Crippen molar-refractivity contribution < 1.29 is 4.79 Å². The molecule has 0 aliphatic carbocycles. The van der Waals surface area contributed by atoms with Crippen LogP contribution in [-0.2, 0) is 0 Å². The number of fused-ring (bicyclic) bond motifs is 1. The van der Waals surface area contributed by atoms with Crippen LogP contribution in [0.4, 0.5) is 0 Å². The number of nitrogens with zero attached hydrogens (tertiary/aromatic N) is 3. The highest BCUT2D eigenvalue weighted by Crippen LogP contribution is 2.12. The Balaban J connectivity index is 1.65. The molecule has 0 bridgehead atoms. The van der Waals surface area contributed by atoms with Crippen LogP contribution in [0.5, 0.6) is 0 Å². The first-order chi connectivity index (χ1) is 12.8. The Labute approximate surface area is 149 Å². The predicted molar refractivity (Wildman–Crippen MR) is 99.9 cm³/mol. The van der Waals surface area contributed by atoms with Crippen LogP contribution in [0.15, 0.2) is 84.0 Å². The van der Waals surface area contributed by atoms with Crippen LogP contribution in [0, 0.1) is 0 Å². The SMILES string of the molecule is O=C(NN=C(c1ccccc1)c1ccccc1)c1ccc2n[nH]nc2c1. The van der Waals surface area contributed by atoms with Gasteiger partial charge >= 0.3 is 0 Å². The fourth-order valence-electron chi connectivity index (χ4n) is 2.64. The number of aromatic nitrogens is 3. The first-order valence-corrected chi connectivity index (χ1v) is 8.11. The first-order valence-electron chi connectivity index (χ1n) is 8.11. The quantitative estimate of drug-likeness (QED) is 0.442. The zero-order valence-electron chi connectivity index (χ0n) is 13.8. The molecule has 0 aliphatic rings. The van der Waals surface area contributed by atoms with Gasteiger partial charge in [0.25, 0.3) is 5.91 Å². The van der Waals surface area contributed by atoms with Gasteiger partial charge in [0.15, 0.2) is 0 Å². The third-order valence-corrected chi connectivity index (χ3v) is 3.94. The number of amides is 1. The lowest BCUT2D eigenvalue weighted by Gasteiger charge is -2.08. The minimum absolute atomic E-state index is 0.306. The van der Waals surface area contributed by atoms with Gasteiger partial charge < -0.3 is 0 Å². The minimum Gasteiger partial charge on any atom is -0.267 e. The molecule has 0 unspecified atom stereocenters. The fraction of sp³-hybridized carbons (Fsp3) is 0. The number of rotatable bonds is 4. The van der Waals surface area contributed by atoms with E-state index in [9.17, 15) is 4.79 Å². The van der Waals surface area contributed by atoms with Gasteiger partial charge in [-0.05, 0) is 18.2 Å². The Kier molecular flexibility index (Phi) is 4.22. The van der Waals surface area contributed by atoms with Crippen molar-refractivity contribution in [3.63, 3.8) is 0 Å². The van der Waals surface area contributed by atoms with Gasteiger partial charge in [0.1, 0.15) is 11.0 Å². The number of hydrogen-bond donors (Lipinski definition) is 2. The van der Waals surface area contributed by atoms with Crippen molar-refractivity contribution in [1.29, 1.82) is 0 Å². The standard InChI is InChI=1S/C20H15N5O/c26-20(16-11-12-17-18(13-16)22-25-21-17)24-23-19(14-7-3-1-4-8-14)15-9-5-2-6-10-15/h1-13H,(H,24,26)(H,21,22,25). The van der Waals surface area contributed by atoms with Crippen LogP contribution in [0.25, 0.3) is 11.0 Å². The highest BCUT2D eigenvalue weighted by atomic mass is 16.2. The molecule has 4 rings (SSSR count). The zero-order chi connectivity index (χ0) is 17.8. The van der Waals surface area contributed by atoms with Crippen LogP contribution in [-0.4, -0.2) is 27.0 Å². The molecular formula is C20H15N5O. The number of benzene rings is 3. The summed E-state index contributed by atoms with van der Waals surface area (Å²) < 4.78 is 0. The Morgan fingerprint density at radius 3 is 2.04 bits per heavy atom. The van der Waals surface area contributed by atoms with Gasteiger partial charge in [0.2, 0.25) is 0 Å². The van der Waals surface area contributed by atoms with Gasteiger partial charge in [0.05, 0.1) is 5.71 Å². The molecule has 6 heteroatoms. The maximum atomic E-state index is 12.5. The second-order valence-electron chi connectivity index (χ2n) is 5.66. The summed E-state index contributed by atoms with van der Waals surface area (Å²) in [5.74, 6) is -0.306. The third kappa shape index (κ3) is 3.21. The summed E-state index contributed by atoms with van der Waals surface area (Å²) in [5.41, 5.74) is 6.99. The highest BCUT2D eigenvalue weighted by molar-refractivity contribution is 6.13. The Morgan fingerprint density at radius 2 is 1.38 bits per heavy atom. The van der Waals surface area contributed by atoms with Crippen molar-refractivity contribution in [3.8, 4) is 0 Å². The predicted octanol–water partition coefficient (Wildman–Crippen LogP) is 3.14. The Morgan fingerprint density at radius 1 is 0.769 bits per heavy atom. The summed E-state index contributed by atoms with van der Waals surface area (Å²) >= 11 is 0. The summed E-state index contributed by atoms with van der Waals surface area (Å²) in [4.78, 5) is 12.5. The lowest BCUT2D eigenvalue weighted by molar-refractivity contribution is 0.0955. The molecule has 0 atom stereocenters. The van der Waals surface area contributed by atoms with E-state index in [0.717, 1.165) is 11.1 Å². The van der Waals surface area contributed by atoms with Gasteiger partial charge in [-0.3, -0.25) is 4.79 Å². The number of hydrogen-bond acceptors (Lipinski definition) is 4. The molecule has 0 saturated heterocycles. The summed E-state index contributed by atoms with van der Waals surface area (Å²) in [6.45, 7) is 0. The van der Waals surface area contributed by atoms with E-state index in [1.54, 1.807) is 18.2 Å². The van der Waals surface area contributed by atoms with Gasteiger partial charge in [-0.15, -0.1) is 0 Å². The van der Waals surface area contributed by atoms with Crippen molar-refractivity contribution >= 4 is 22.7 Å². The molecular weight excluding hydrogens is 326 g/mol. The fourth-order valence-corrected chi connectivity index (χ4v) is 2.64. The molecule has 2 N–H and O–H groups in total. The average Bonchev–Trinajstić information content (AvgIpc) is 3.17. The van der Waals surface area contributed by atoms with Gasteiger partial charge in [-0.2, -0.15) is 20.5 Å². The van der Waals surface area contributed by atoms with Crippen LogP contribution in [0.3, 0.4) is 0 Å². The highest BCUT2D eigenvalue weighted by Gasteiger charge is 2.10. The van der Waals surface area contributed by atoms with Crippen molar-refractivity contribution in [1.82, 2.24) is 20.8 Å². The Bertz CT molecular complexity index is 1030. The maximum Gasteiger partial charge on any atom is 0.271 e. The average molecular weight is 341 g/mol. The molecule has 0 spiro atoms. The third-order valence-electron chi connectivity index (χ3n) is 3.94. The minimum atomic E-state index is -0.306.